The summed E-state index contributed by atoms with van der Waals surface area (Å²) < 4.78 is 7.30. The second-order valence-electron chi connectivity index (χ2n) is 6.12. The van der Waals surface area contributed by atoms with Gasteiger partial charge in [0.15, 0.2) is 4.34 Å². The van der Waals surface area contributed by atoms with Crippen molar-refractivity contribution in [3.8, 4) is 5.69 Å². The first-order chi connectivity index (χ1) is 14.5. The van der Waals surface area contributed by atoms with Gasteiger partial charge in [-0.2, -0.15) is 5.10 Å². The van der Waals surface area contributed by atoms with Crippen LogP contribution in [0.25, 0.3) is 11.8 Å². The van der Waals surface area contributed by atoms with Gasteiger partial charge >= 0.3 is 5.97 Å². The second kappa shape index (κ2) is 10.2. The smallest absolute Gasteiger partial charge is 0.316 e. The van der Waals surface area contributed by atoms with Crippen molar-refractivity contribution in [3.05, 3.63) is 53.4 Å². The number of hydrogen-bond acceptors (Lipinski definition) is 8. The molecule has 8 nitrogen and oxygen atoms in total. The molecule has 0 saturated carbocycles. The number of carbonyl (C=O) groups is 2. The zero-order valence-electron chi connectivity index (χ0n) is 16.8. The Morgan fingerprint density at radius 1 is 1.23 bits per heavy atom. The summed E-state index contributed by atoms with van der Waals surface area (Å²) >= 11 is 2.42. The number of benzene rings is 1. The van der Waals surface area contributed by atoms with Crippen molar-refractivity contribution < 1.29 is 14.3 Å². The zero-order valence-corrected chi connectivity index (χ0v) is 18.4. The Morgan fingerprint density at radius 2 is 2.00 bits per heavy atom. The first-order valence-corrected chi connectivity index (χ1v) is 11.0. The third-order valence-corrected chi connectivity index (χ3v) is 5.95. The summed E-state index contributed by atoms with van der Waals surface area (Å²) in [6, 6.07) is 9.82. The maximum atomic E-state index is 12.3. The van der Waals surface area contributed by atoms with Crippen molar-refractivity contribution in [2.24, 2.45) is 0 Å². The number of nitrogens with zero attached hydrogens (tertiary/aromatic N) is 4. The summed E-state index contributed by atoms with van der Waals surface area (Å²) in [5, 5.41) is 15.5. The molecular weight excluding hydrogens is 422 g/mol. The molecule has 0 radical (unpaired) electrons. The average molecular weight is 444 g/mol. The number of anilines is 1. The number of thioether (sulfide) groups is 1. The quantitative estimate of drug-likeness (QED) is 0.245. The highest BCUT2D eigenvalue weighted by Crippen LogP contribution is 2.25. The van der Waals surface area contributed by atoms with Gasteiger partial charge in [-0.25, -0.2) is 4.68 Å². The van der Waals surface area contributed by atoms with Crippen LogP contribution < -0.4 is 5.32 Å². The lowest BCUT2D eigenvalue weighted by atomic mass is 10.2. The summed E-state index contributed by atoms with van der Waals surface area (Å²) in [5.41, 5.74) is 3.62. The molecule has 3 rings (SSSR count). The maximum Gasteiger partial charge on any atom is 0.316 e. The van der Waals surface area contributed by atoms with Gasteiger partial charge in [0.1, 0.15) is 0 Å². The van der Waals surface area contributed by atoms with Crippen LogP contribution in [0.15, 0.2) is 40.7 Å². The van der Waals surface area contributed by atoms with E-state index in [1.54, 1.807) is 13.0 Å². The topological polar surface area (TPSA) is 99.0 Å². The fourth-order valence-corrected chi connectivity index (χ4v) is 4.22. The lowest BCUT2D eigenvalue weighted by Gasteiger charge is -2.03. The summed E-state index contributed by atoms with van der Waals surface area (Å²) in [6.07, 6.45) is 3.18. The molecular formula is C20H21N5O3S2. The molecule has 0 bridgehead atoms. The Balaban J connectivity index is 1.62. The van der Waals surface area contributed by atoms with E-state index < -0.39 is 0 Å². The van der Waals surface area contributed by atoms with E-state index in [1.807, 2.05) is 48.9 Å². The van der Waals surface area contributed by atoms with E-state index in [4.69, 9.17) is 4.74 Å². The summed E-state index contributed by atoms with van der Waals surface area (Å²) in [7, 11) is 0. The molecule has 0 atom stereocenters. The van der Waals surface area contributed by atoms with Gasteiger partial charge in [-0.1, -0.05) is 41.3 Å². The van der Waals surface area contributed by atoms with E-state index in [0.717, 1.165) is 22.6 Å². The lowest BCUT2D eigenvalue weighted by Crippen LogP contribution is -2.07. The second-order valence-corrected chi connectivity index (χ2v) is 8.32. The van der Waals surface area contributed by atoms with Crippen molar-refractivity contribution >= 4 is 46.2 Å². The Kier molecular flexibility index (Phi) is 7.36. The predicted octanol–water partition coefficient (Wildman–Crippen LogP) is 3.65. The van der Waals surface area contributed by atoms with E-state index in [2.05, 4.69) is 20.6 Å². The minimum absolute atomic E-state index is 0.153. The van der Waals surface area contributed by atoms with Crippen molar-refractivity contribution in [2.75, 3.05) is 17.7 Å². The molecule has 2 heterocycles. The number of aromatic nitrogens is 4. The van der Waals surface area contributed by atoms with Gasteiger partial charge in [0.05, 0.1) is 23.7 Å². The minimum atomic E-state index is -0.320. The lowest BCUT2D eigenvalue weighted by molar-refractivity contribution is -0.139. The van der Waals surface area contributed by atoms with Gasteiger partial charge in [0.25, 0.3) is 0 Å². The Bertz CT molecular complexity index is 1060. The van der Waals surface area contributed by atoms with Gasteiger partial charge in [-0.3, -0.25) is 14.9 Å². The standard InChI is InChI=1S/C20H21N5O3S2/c1-4-28-18(27)12-29-20-23-22-19(30-20)21-17(26)11-10-16-13(2)24-25(14(16)3)15-8-6-5-7-9-15/h5-11H,4,12H2,1-3H3,(H,21,22,26)/b11-10+. The Hall–Kier alpha value is -2.98. The van der Waals surface area contributed by atoms with Crippen molar-refractivity contribution in [1.29, 1.82) is 0 Å². The average Bonchev–Trinajstić information content (AvgIpc) is 3.29. The first-order valence-electron chi connectivity index (χ1n) is 9.20. The van der Waals surface area contributed by atoms with Gasteiger partial charge in [0.2, 0.25) is 11.0 Å². The molecule has 3 aromatic rings. The highest BCUT2D eigenvalue weighted by atomic mass is 32.2. The van der Waals surface area contributed by atoms with Gasteiger partial charge in [-0.15, -0.1) is 10.2 Å². The SMILES string of the molecule is CCOC(=O)CSc1nnc(NC(=O)/C=C/c2c(C)nn(-c3ccccc3)c2C)s1. The van der Waals surface area contributed by atoms with Crippen LogP contribution in [0.1, 0.15) is 23.9 Å². The van der Waals surface area contributed by atoms with Crippen LogP contribution >= 0.6 is 23.1 Å². The van der Waals surface area contributed by atoms with E-state index in [1.165, 1.54) is 29.2 Å². The Labute approximate surface area is 182 Å². The molecule has 0 unspecified atom stereocenters. The van der Waals surface area contributed by atoms with Crippen LogP contribution in [0.4, 0.5) is 5.13 Å². The van der Waals surface area contributed by atoms with Crippen LogP contribution in [0.2, 0.25) is 0 Å². The van der Waals surface area contributed by atoms with Crippen LogP contribution in [0.3, 0.4) is 0 Å². The largest absolute Gasteiger partial charge is 0.465 e. The molecule has 1 N–H and O–H groups in total. The molecule has 1 amide bonds. The summed E-state index contributed by atoms with van der Waals surface area (Å²) in [4.78, 5) is 23.7. The monoisotopic (exact) mass is 443 g/mol. The number of ether oxygens (including phenoxy) is 1. The zero-order chi connectivity index (χ0) is 21.5. The molecule has 1 aromatic carbocycles. The Morgan fingerprint density at radius 3 is 2.73 bits per heavy atom. The summed E-state index contributed by atoms with van der Waals surface area (Å²) in [5.74, 6) is -0.479. The van der Waals surface area contributed by atoms with Crippen molar-refractivity contribution in [1.82, 2.24) is 20.0 Å². The van der Waals surface area contributed by atoms with E-state index >= 15 is 0 Å². The summed E-state index contributed by atoms with van der Waals surface area (Å²) in [6.45, 7) is 5.96. The first kappa shape index (κ1) is 21.7. The van der Waals surface area contributed by atoms with Gasteiger partial charge < -0.3 is 4.74 Å². The predicted molar refractivity (Wildman–Crippen MR) is 118 cm³/mol. The third-order valence-electron chi connectivity index (χ3n) is 4.00. The van der Waals surface area contributed by atoms with Crippen molar-refractivity contribution in [2.45, 2.75) is 25.1 Å². The molecule has 2 aromatic heterocycles. The number of aryl methyl sites for hydroxylation is 1. The van der Waals surface area contributed by atoms with Crippen molar-refractivity contribution in [3.63, 3.8) is 0 Å². The molecule has 0 aliphatic heterocycles. The fourth-order valence-electron chi connectivity index (χ4n) is 2.66. The molecule has 0 saturated heterocycles. The molecule has 0 aliphatic carbocycles. The fraction of sp³-hybridized carbons (Fsp3) is 0.250. The number of esters is 1. The van der Waals surface area contributed by atoms with E-state index in [9.17, 15) is 9.59 Å². The third kappa shape index (κ3) is 5.55. The molecule has 0 spiro atoms. The number of amides is 1. The van der Waals surface area contributed by atoms with Crippen LogP contribution in [0, 0.1) is 13.8 Å². The van der Waals surface area contributed by atoms with Crippen LogP contribution in [0.5, 0.6) is 0 Å². The van der Waals surface area contributed by atoms with Crippen LogP contribution in [-0.4, -0.2) is 44.2 Å². The molecule has 0 fully saturated rings. The van der Waals surface area contributed by atoms with E-state index in [0.29, 0.717) is 16.1 Å². The number of nitrogens with one attached hydrogen (secondary N) is 1. The number of rotatable bonds is 8. The molecule has 156 valence electrons. The van der Waals surface area contributed by atoms with Crippen LogP contribution in [-0.2, 0) is 14.3 Å². The molecule has 30 heavy (non-hydrogen) atoms. The molecule has 10 heteroatoms. The highest BCUT2D eigenvalue weighted by molar-refractivity contribution is 8.01. The highest BCUT2D eigenvalue weighted by Gasteiger charge is 2.12. The molecule has 0 aliphatic rings. The minimum Gasteiger partial charge on any atom is -0.465 e. The van der Waals surface area contributed by atoms with Gasteiger partial charge in [0, 0.05) is 17.3 Å². The maximum absolute atomic E-state index is 12.3. The number of para-hydroxylation sites is 1. The number of hydrogen-bond donors (Lipinski definition) is 1. The van der Waals surface area contributed by atoms with Gasteiger partial charge in [-0.05, 0) is 39.0 Å². The normalized spacial score (nSPS) is 11.0. The van der Waals surface area contributed by atoms with E-state index in [-0.39, 0.29) is 17.6 Å². The number of carbonyl (C=O) groups excluding carboxylic acids is 2.